The molecule has 1 aliphatic carbocycles. The molecular weight excluding hydrogens is 248 g/mol. The van der Waals surface area contributed by atoms with Crippen LogP contribution in [0.5, 0.6) is 0 Å². The predicted molar refractivity (Wildman–Crippen MR) is 81.6 cm³/mol. The maximum absolute atomic E-state index is 13.0. The molecule has 2 N–H and O–H groups in total. The summed E-state index contributed by atoms with van der Waals surface area (Å²) in [4.78, 5) is 15.0. The lowest BCUT2D eigenvalue weighted by molar-refractivity contribution is -0.123. The van der Waals surface area contributed by atoms with Gasteiger partial charge < -0.3 is 10.6 Å². The highest BCUT2D eigenvalue weighted by atomic mass is 16.2. The van der Waals surface area contributed by atoms with Crippen LogP contribution in [0.3, 0.4) is 0 Å². The largest absolute Gasteiger partial charge is 0.330 e. The van der Waals surface area contributed by atoms with E-state index < -0.39 is 0 Å². The molecule has 1 aromatic carbocycles. The fourth-order valence-corrected chi connectivity index (χ4v) is 3.76. The maximum Gasteiger partial charge on any atom is 0.230 e. The van der Waals surface area contributed by atoms with E-state index in [0.717, 1.165) is 44.3 Å². The van der Waals surface area contributed by atoms with Gasteiger partial charge in [-0.05, 0) is 56.2 Å². The first-order valence-corrected chi connectivity index (χ1v) is 7.90. The normalized spacial score (nSPS) is 26.1. The molecule has 0 saturated heterocycles. The number of carbonyl (C=O) groups excluding carboxylic acids is 1. The van der Waals surface area contributed by atoms with Crippen LogP contribution in [0.25, 0.3) is 0 Å². The average Bonchev–Trinajstić information content (AvgIpc) is 2.86. The molecule has 108 valence electrons. The molecule has 3 heteroatoms. The van der Waals surface area contributed by atoms with Crippen LogP contribution < -0.4 is 10.6 Å². The summed E-state index contributed by atoms with van der Waals surface area (Å²) in [6.45, 7) is 1.51. The minimum atomic E-state index is 0.145. The Morgan fingerprint density at radius 2 is 2.05 bits per heavy atom. The van der Waals surface area contributed by atoms with E-state index in [-0.39, 0.29) is 5.92 Å². The molecule has 1 aromatic rings. The zero-order chi connectivity index (χ0) is 13.9. The Kier molecular flexibility index (Phi) is 4.06. The van der Waals surface area contributed by atoms with Gasteiger partial charge in [-0.1, -0.05) is 24.6 Å². The van der Waals surface area contributed by atoms with Crippen molar-refractivity contribution in [3.63, 3.8) is 0 Å². The smallest absolute Gasteiger partial charge is 0.230 e. The lowest BCUT2D eigenvalue weighted by atomic mass is 9.94. The highest BCUT2D eigenvalue weighted by Crippen LogP contribution is 2.35. The Hall–Kier alpha value is -1.35. The summed E-state index contributed by atoms with van der Waals surface area (Å²) in [5, 5.41) is 0. The number of hydrogen-bond donors (Lipinski definition) is 1. The summed E-state index contributed by atoms with van der Waals surface area (Å²) in [5.41, 5.74) is 8.30. The number of fused-ring (bicyclic) bond motifs is 1. The van der Waals surface area contributed by atoms with Crippen molar-refractivity contribution in [2.24, 2.45) is 17.6 Å². The molecule has 2 atom stereocenters. The van der Waals surface area contributed by atoms with Crippen molar-refractivity contribution in [2.75, 3.05) is 18.0 Å². The Bertz CT molecular complexity index is 486. The predicted octanol–water partition coefficient (Wildman–Crippen LogP) is 2.73. The molecule has 0 bridgehead atoms. The third-order valence-corrected chi connectivity index (χ3v) is 4.91. The average molecular weight is 272 g/mol. The zero-order valence-corrected chi connectivity index (χ0v) is 12.1. The topological polar surface area (TPSA) is 46.3 Å². The highest BCUT2D eigenvalue weighted by molar-refractivity contribution is 5.96. The van der Waals surface area contributed by atoms with Gasteiger partial charge in [-0.3, -0.25) is 4.79 Å². The molecule has 0 spiro atoms. The molecule has 20 heavy (non-hydrogen) atoms. The SMILES string of the molecule is NC[C@H]1CCC[C@H]1C(=O)N1CCCCc2ccccc21. The molecule has 1 aliphatic heterocycles. The number of benzene rings is 1. The van der Waals surface area contributed by atoms with Crippen molar-refractivity contribution < 1.29 is 4.79 Å². The standard InChI is InChI=1S/C17H24N2O/c18-12-14-8-5-9-15(14)17(20)19-11-4-3-7-13-6-1-2-10-16(13)19/h1-2,6,10,14-15H,3-5,7-9,11-12,18H2/t14-,15-/m1/s1. The van der Waals surface area contributed by atoms with E-state index in [4.69, 9.17) is 5.73 Å². The molecular formula is C17H24N2O. The minimum Gasteiger partial charge on any atom is -0.330 e. The van der Waals surface area contributed by atoms with Crippen LogP contribution in [0.4, 0.5) is 5.69 Å². The maximum atomic E-state index is 13.0. The third kappa shape index (κ3) is 2.47. The van der Waals surface area contributed by atoms with E-state index in [1.165, 1.54) is 12.0 Å². The van der Waals surface area contributed by atoms with Gasteiger partial charge in [0.1, 0.15) is 0 Å². The molecule has 1 saturated carbocycles. The van der Waals surface area contributed by atoms with Crippen LogP contribution in [0.2, 0.25) is 0 Å². The second-order valence-electron chi connectivity index (χ2n) is 6.11. The summed E-state index contributed by atoms with van der Waals surface area (Å²) in [6, 6.07) is 8.38. The monoisotopic (exact) mass is 272 g/mol. The van der Waals surface area contributed by atoms with Gasteiger partial charge in [0.2, 0.25) is 5.91 Å². The highest BCUT2D eigenvalue weighted by Gasteiger charge is 2.35. The van der Waals surface area contributed by atoms with Gasteiger partial charge >= 0.3 is 0 Å². The Morgan fingerprint density at radius 3 is 2.90 bits per heavy atom. The number of aryl methyl sites for hydroxylation is 1. The lowest BCUT2D eigenvalue weighted by Crippen LogP contribution is -2.39. The van der Waals surface area contributed by atoms with Crippen molar-refractivity contribution in [3.8, 4) is 0 Å². The number of para-hydroxylation sites is 1. The number of rotatable bonds is 2. The molecule has 0 radical (unpaired) electrons. The van der Waals surface area contributed by atoms with Crippen LogP contribution in [0.15, 0.2) is 24.3 Å². The molecule has 3 nitrogen and oxygen atoms in total. The van der Waals surface area contributed by atoms with Gasteiger partial charge in [0.25, 0.3) is 0 Å². The van der Waals surface area contributed by atoms with E-state index in [1.54, 1.807) is 0 Å². The summed E-state index contributed by atoms with van der Waals surface area (Å²) >= 11 is 0. The molecule has 0 aromatic heterocycles. The second-order valence-corrected chi connectivity index (χ2v) is 6.11. The molecule has 1 heterocycles. The van der Waals surface area contributed by atoms with Gasteiger partial charge in [0.15, 0.2) is 0 Å². The molecule has 1 fully saturated rings. The molecule has 0 unspecified atom stereocenters. The van der Waals surface area contributed by atoms with E-state index in [2.05, 4.69) is 18.2 Å². The summed E-state index contributed by atoms with van der Waals surface area (Å²) in [6.07, 6.45) is 6.63. The summed E-state index contributed by atoms with van der Waals surface area (Å²) in [7, 11) is 0. The number of carbonyl (C=O) groups is 1. The van der Waals surface area contributed by atoms with Crippen LogP contribution >= 0.6 is 0 Å². The van der Waals surface area contributed by atoms with E-state index in [9.17, 15) is 4.79 Å². The number of amides is 1. The van der Waals surface area contributed by atoms with Crippen molar-refractivity contribution in [3.05, 3.63) is 29.8 Å². The van der Waals surface area contributed by atoms with Crippen molar-refractivity contribution >= 4 is 11.6 Å². The molecule has 1 amide bonds. The van der Waals surface area contributed by atoms with Crippen molar-refractivity contribution in [1.82, 2.24) is 0 Å². The third-order valence-electron chi connectivity index (χ3n) is 4.91. The van der Waals surface area contributed by atoms with Gasteiger partial charge in [0.05, 0.1) is 0 Å². The van der Waals surface area contributed by atoms with Crippen LogP contribution in [0, 0.1) is 11.8 Å². The van der Waals surface area contributed by atoms with Crippen LogP contribution in [-0.4, -0.2) is 19.0 Å². The van der Waals surface area contributed by atoms with E-state index in [0.29, 0.717) is 18.4 Å². The fourth-order valence-electron chi connectivity index (χ4n) is 3.76. The Labute approximate surface area is 121 Å². The van der Waals surface area contributed by atoms with Gasteiger partial charge in [-0.2, -0.15) is 0 Å². The van der Waals surface area contributed by atoms with Crippen LogP contribution in [0.1, 0.15) is 37.7 Å². The van der Waals surface area contributed by atoms with Crippen LogP contribution in [-0.2, 0) is 11.2 Å². The van der Waals surface area contributed by atoms with Gasteiger partial charge in [0, 0.05) is 18.2 Å². The lowest BCUT2D eigenvalue weighted by Gasteiger charge is -2.28. The quantitative estimate of drug-likeness (QED) is 0.900. The van der Waals surface area contributed by atoms with E-state index in [1.807, 2.05) is 11.0 Å². The zero-order valence-electron chi connectivity index (χ0n) is 12.1. The van der Waals surface area contributed by atoms with Crippen molar-refractivity contribution in [1.29, 1.82) is 0 Å². The Morgan fingerprint density at radius 1 is 1.20 bits per heavy atom. The van der Waals surface area contributed by atoms with Gasteiger partial charge in [-0.25, -0.2) is 0 Å². The first-order chi connectivity index (χ1) is 9.81. The Balaban J connectivity index is 1.87. The minimum absolute atomic E-state index is 0.145. The number of anilines is 1. The molecule has 2 aliphatic rings. The molecule has 3 rings (SSSR count). The van der Waals surface area contributed by atoms with E-state index >= 15 is 0 Å². The first-order valence-electron chi connectivity index (χ1n) is 7.90. The summed E-state index contributed by atoms with van der Waals surface area (Å²) in [5.74, 6) is 0.844. The first kappa shape index (κ1) is 13.6. The number of nitrogens with zero attached hydrogens (tertiary/aromatic N) is 1. The van der Waals surface area contributed by atoms with Gasteiger partial charge in [-0.15, -0.1) is 0 Å². The van der Waals surface area contributed by atoms with Crippen molar-refractivity contribution in [2.45, 2.75) is 38.5 Å². The number of hydrogen-bond acceptors (Lipinski definition) is 2. The summed E-state index contributed by atoms with van der Waals surface area (Å²) < 4.78 is 0. The number of nitrogens with two attached hydrogens (primary N) is 1. The second kappa shape index (κ2) is 5.96. The fraction of sp³-hybridized carbons (Fsp3) is 0.588.